The van der Waals surface area contributed by atoms with Gasteiger partial charge in [0, 0.05) is 24.8 Å². The number of piperidine rings is 1. The fourth-order valence-electron chi connectivity index (χ4n) is 2.49. The Kier molecular flexibility index (Phi) is 4.43. The van der Waals surface area contributed by atoms with Crippen molar-refractivity contribution < 1.29 is 4.79 Å². The normalized spacial score (nSPS) is 17.4. The van der Waals surface area contributed by atoms with Crippen LogP contribution < -0.4 is 11.1 Å². The lowest BCUT2D eigenvalue weighted by molar-refractivity contribution is 0.0963. The highest BCUT2D eigenvalue weighted by Gasteiger charge is 2.16. The van der Waals surface area contributed by atoms with E-state index in [0.29, 0.717) is 11.3 Å². The van der Waals surface area contributed by atoms with E-state index >= 15 is 0 Å². The second-order valence-corrected chi connectivity index (χ2v) is 5.45. The average molecular weight is 261 g/mol. The molecule has 4 nitrogen and oxygen atoms in total. The van der Waals surface area contributed by atoms with E-state index in [1.165, 1.54) is 12.8 Å². The van der Waals surface area contributed by atoms with Gasteiger partial charge in [-0.25, -0.2) is 0 Å². The standard InChI is InChI=1S/C15H23N3O/c1-11-5-7-18(8-6-11)10-13-4-3-12(9-14(13)16)15(19)17-2/h3-4,9,11H,5-8,10,16H2,1-2H3,(H,17,19). The van der Waals surface area contributed by atoms with Crippen LogP contribution in [-0.4, -0.2) is 30.9 Å². The van der Waals surface area contributed by atoms with Crippen molar-refractivity contribution in [2.75, 3.05) is 25.9 Å². The second-order valence-electron chi connectivity index (χ2n) is 5.45. The van der Waals surface area contributed by atoms with E-state index < -0.39 is 0 Å². The maximum atomic E-state index is 11.5. The number of benzene rings is 1. The van der Waals surface area contributed by atoms with Crippen molar-refractivity contribution in [1.29, 1.82) is 0 Å². The molecule has 0 spiro atoms. The SMILES string of the molecule is CNC(=O)c1ccc(CN2CCC(C)CC2)c(N)c1. The van der Waals surface area contributed by atoms with Gasteiger partial charge in [-0.3, -0.25) is 9.69 Å². The van der Waals surface area contributed by atoms with Crippen molar-refractivity contribution in [3.8, 4) is 0 Å². The van der Waals surface area contributed by atoms with Crippen molar-refractivity contribution in [1.82, 2.24) is 10.2 Å². The van der Waals surface area contributed by atoms with Crippen LogP contribution in [0.5, 0.6) is 0 Å². The van der Waals surface area contributed by atoms with E-state index in [2.05, 4.69) is 17.1 Å². The molecule has 1 aliphatic rings. The number of amides is 1. The predicted octanol–water partition coefficient (Wildman–Crippen LogP) is 1.86. The number of carbonyl (C=O) groups is 1. The molecule has 104 valence electrons. The van der Waals surface area contributed by atoms with Crippen molar-refractivity contribution in [3.05, 3.63) is 29.3 Å². The molecular formula is C15H23N3O. The van der Waals surface area contributed by atoms with Crippen LogP contribution >= 0.6 is 0 Å². The van der Waals surface area contributed by atoms with Gasteiger partial charge in [0.05, 0.1) is 0 Å². The van der Waals surface area contributed by atoms with Crippen LogP contribution in [0.1, 0.15) is 35.7 Å². The van der Waals surface area contributed by atoms with Crippen molar-refractivity contribution in [2.24, 2.45) is 5.92 Å². The summed E-state index contributed by atoms with van der Waals surface area (Å²) in [5, 5.41) is 2.61. The Bertz CT molecular complexity index is 451. The Hall–Kier alpha value is -1.55. The highest BCUT2D eigenvalue weighted by Crippen LogP contribution is 2.21. The molecule has 1 fully saturated rings. The molecule has 0 radical (unpaired) electrons. The first-order chi connectivity index (χ1) is 9.10. The summed E-state index contributed by atoms with van der Waals surface area (Å²) in [6.07, 6.45) is 2.52. The van der Waals surface area contributed by atoms with Gasteiger partial charge in [0.1, 0.15) is 0 Å². The third-order valence-electron chi connectivity index (χ3n) is 3.91. The van der Waals surface area contributed by atoms with Crippen LogP contribution in [0.2, 0.25) is 0 Å². The number of nitrogen functional groups attached to an aromatic ring is 1. The number of nitrogens with one attached hydrogen (secondary N) is 1. The fraction of sp³-hybridized carbons (Fsp3) is 0.533. The summed E-state index contributed by atoms with van der Waals surface area (Å²) < 4.78 is 0. The number of anilines is 1. The molecule has 0 saturated carbocycles. The molecule has 2 rings (SSSR count). The first-order valence-corrected chi connectivity index (χ1v) is 6.93. The summed E-state index contributed by atoms with van der Waals surface area (Å²) in [5.41, 5.74) is 8.49. The zero-order valence-corrected chi connectivity index (χ0v) is 11.8. The van der Waals surface area contributed by atoms with Crippen molar-refractivity contribution in [3.63, 3.8) is 0 Å². The smallest absolute Gasteiger partial charge is 0.251 e. The van der Waals surface area contributed by atoms with Gasteiger partial charge in [-0.15, -0.1) is 0 Å². The maximum Gasteiger partial charge on any atom is 0.251 e. The predicted molar refractivity (Wildman–Crippen MR) is 77.9 cm³/mol. The lowest BCUT2D eigenvalue weighted by Gasteiger charge is -2.30. The summed E-state index contributed by atoms with van der Waals surface area (Å²) in [6.45, 7) is 5.46. The molecule has 1 saturated heterocycles. The fourth-order valence-corrected chi connectivity index (χ4v) is 2.49. The first-order valence-electron chi connectivity index (χ1n) is 6.93. The minimum absolute atomic E-state index is 0.0925. The number of hydrogen-bond acceptors (Lipinski definition) is 3. The molecule has 0 atom stereocenters. The summed E-state index contributed by atoms with van der Waals surface area (Å²) in [6, 6.07) is 5.58. The Balaban J connectivity index is 2.03. The Morgan fingerprint density at radius 1 is 1.42 bits per heavy atom. The van der Waals surface area contributed by atoms with E-state index in [9.17, 15) is 4.79 Å². The Morgan fingerprint density at radius 2 is 2.11 bits per heavy atom. The number of rotatable bonds is 3. The van der Waals surface area contributed by atoms with Gasteiger partial charge in [0.25, 0.3) is 5.91 Å². The number of likely N-dealkylation sites (tertiary alicyclic amines) is 1. The van der Waals surface area contributed by atoms with Crippen LogP contribution in [0.4, 0.5) is 5.69 Å². The number of nitrogens with two attached hydrogens (primary N) is 1. The summed E-state index contributed by atoms with van der Waals surface area (Å²) in [4.78, 5) is 14.0. The zero-order valence-electron chi connectivity index (χ0n) is 11.8. The van der Waals surface area contributed by atoms with Crippen LogP contribution in [0, 0.1) is 5.92 Å². The lowest BCUT2D eigenvalue weighted by atomic mass is 9.98. The molecule has 1 aliphatic heterocycles. The first kappa shape index (κ1) is 13.9. The highest BCUT2D eigenvalue weighted by atomic mass is 16.1. The minimum Gasteiger partial charge on any atom is -0.398 e. The minimum atomic E-state index is -0.0925. The van der Waals surface area contributed by atoms with Gasteiger partial charge >= 0.3 is 0 Å². The second kappa shape index (κ2) is 6.06. The molecule has 0 bridgehead atoms. The summed E-state index contributed by atoms with van der Waals surface area (Å²) >= 11 is 0. The van der Waals surface area contributed by atoms with Crippen LogP contribution in [0.3, 0.4) is 0 Å². The molecule has 3 N–H and O–H groups in total. The Morgan fingerprint density at radius 3 is 2.68 bits per heavy atom. The van der Waals surface area contributed by atoms with Gasteiger partial charge in [0.15, 0.2) is 0 Å². The molecule has 1 heterocycles. The third kappa shape index (κ3) is 3.47. The van der Waals surface area contributed by atoms with Crippen molar-refractivity contribution >= 4 is 11.6 Å². The molecule has 4 heteroatoms. The number of nitrogens with zero attached hydrogens (tertiary/aromatic N) is 1. The van der Waals surface area contributed by atoms with Crippen LogP contribution in [-0.2, 0) is 6.54 Å². The number of carbonyl (C=O) groups excluding carboxylic acids is 1. The van der Waals surface area contributed by atoms with E-state index in [1.807, 2.05) is 12.1 Å². The van der Waals surface area contributed by atoms with Crippen molar-refractivity contribution in [2.45, 2.75) is 26.3 Å². The van der Waals surface area contributed by atoms with E-state index in [1.54, 1.807) is 13.1 Å². The topological polar surface area (TPSA) is 58.4 Å². The quantitative estimate of drug-likeness (QED) is 0.817. The molecule has 1 aromatic carbocycles. The lowest BCUT2D eigenvalue weighted by Crippen LogP contribution is -2.32. The average Bonchev–Trinajstić information content (AvgIpc) is 2.42. The third-order valence-corrected chi connectivity index (χ3v) is 3.91. The van der Waals surface area contributed by atoms with E-state index in [4.69, 9.17) is 5.73 Å². The molecule has 1 aromatic rings. The molecular weight excluding hydrogens is 238 g/mol. The molecule has 0 aliphatic carbocycles. The summed E-state index contributed by atoms with van der Waals surface area (Å²) in [7, 11) is 1.63. The van der Waals surface area contributed by atoms with Crippen LogP contribution in [0.25, 0.3) is 0 Å². The molecule has 1 amide bonds. The van der Waals surface area contributed by atoms with Gasteiger partial charge in [-0.2, -0.15) is 0 Å². The van der Waals surface area contributed by atoms with Gasteiger partial charge in [0.2, 0.25) is 0 Å². The Labute approximate surface area is 115 Å². The number of hydrogen-bond donors (Lipinski definition) is 2. The van der Waals surface area contributed by atoms with E-state index in [-0.39, 0.29) is 5.91 Å². The molecule has 0 unspecified atom stereocenters. The maximum absolute atomic E-state index is 11.5. The van der Waals surface area contributed by atoms with Gasteiger partial charge < -0.3 is 11.1 Å². The van der Waals surface area contributed by atoms with Crippen LogP contribution in [0.15, 0.2) is 18.2 Å². The monoisotopic (exact) mass is 261 g/mol. The zero-order chi connectivity index (χ0) is 13.8. The largest absolute Gasteiger partial charge is 0.398 e. The van der Waals surface area contributed by atoms with Gasteiger partial charge in [-0.05, 0) is 49.5 Å². The van der Waals surface area contributed by atoms with Gasteiger partial charge in [-0.1, -0.05) is 13.0 Å². The van der Waals surface area contributed by atoms with E-state index in [0.717, 1.165) is 31.1 Å². The summed E-state index contributed by atoms with van der Waals surface area (Å²) in [5.74, 6) is 0.745. The highest BCUT2D eigenvalue weighted by molar-refractivity contribution is 5.95. The molecule has 0 aromatic heterocycles. The molecule has 19 heavy (non-hydrogen) atoms.